The summed E-state index contributed by atoms with van der Waals surface area (Å²) in [6, 6.07) is 26.9. The van der Waals surface area contributed by atoms with Gasteiger partial charge in [0.2, 0.25) is 10.0 Å². The fourth-order valence-electron chi connectivity index (χ4n) is 4.80. The molecule has 0 bridgehead atoms. The van der Waals surface area contributed by atoms with Gasteiger partial charge in [0.25, 0.3) is 0 Å². The molecule has 1 saturated heterocycles. The molecule has 19 heteroatoms. The highest BCUT2D eigenvalue weighted by molar-refractivity contribution is 7.89. The van der Waals surface area contributed by atoms with E-state index in [2.05, 4.69) is 10.0 Å². The van der Waals surface area contributed by atoms with Crippen LogP contribution in [0.15, 0.2) is 95.9 Å². The van der Waals surface area contributed by atoms with Crippen molar-refractivity contribution in [1.82, 2.24) is 10.0 Å². The van der Waals surface area contributed by atoms with Gasteiger partial charge in [-0.05, 0) is 85.1 Å². The standard InChI is InChI=1S/C31H34N4O4S.2C2HF3O2/c32-31(33)25-6-3-7-29(19-25)38-21-26(18-22-8-11-27(12-9-22)39-28-14-16-34-17-15-28)35-40(36,37)30-13-10-23-4-1-2-5-24(23)20-30;2*3-2(4,5)1(6)7/h1-13,19-20,26,28,34-35H,14-18,21H2,(H3,32,33);2*(H,6,7)/t26-;;/m0../s1. The van der Waals surface area contributed by atoms with Crippen molar-refractivity contribution in [2.45, 2.75) is 48.7 Å². The van der Waals surface area contributed by atoms with Crippen LogP contribution in [0.4, 0.5) is 26.3 Å². The first-order valence-electron chi connectivity index (χ1n) is 15.9. The lowest BCUT2D eigenvalue weighted by molar-refractivity contribution is -0.193. The van der Waals surface area contributed by atoms with Crippen molar-refractivity contribution in [2.75, 3.05) is 19.7 Å². The molecule has 4 aromatic carbocycles. The van der Waals surface area contributed by atoms with E-state index >= 15 is 0 Å². The summed E-state index contributed by atoms with van der Waals surface area (Å²) in [5.41, 5.74) is 7.11. The molecule has 0 aliphatic carbocycles. The molecule has 1 aliphatic heterocycles. The van der Waals surface area contributed by atoms with Gasteiger partial charge in [0.15, 0.2) is 0 Å². The van der Waals surface area contributed by atoms with E-state index in [4.69, 9.17) is 40.4 Å². The van der Waals surface area contributed by atoms with E-state index in [-0.39, 0.29) is 23.4 Å². The number of nitrogens with two attached hydrogens (primary N) is 1. The van der Waals surface area contributed by atoms with Gasteiger partial charge in [-0.2, -0.15) is 26.3 Å². The lowest BCUT2D eigenvalue weighted by Gasteiger charge is -2.24. The number of amidine groups is 1. The van der Waals surface area contributed by atoms with Crippen molar-refractivity contribution in [3.05, 3.63) is 102 Å². The highest BCUT2D eigenvalue weighted by Gasteiger charge is 2.39. The number of carbonyl (C=O) groups is 2. The van der Waals surface area contributed by atoms with Gasteiger partial charge in [-0.15, -0.1) is 0 Å². The first kappa shape index (κ1) is 43.0. The van der Waals surface area contributed by atoms with Crippen LogP contribution in [0.25, 0.3) is 10.8 Å². The van der Waals surface area contributed by atoms with Crippen LogP contribution in [0.1, 0.15) is 24.0 Å². The lowest BCUT2D eigenvalue weighted by atomic mass is 10.1. The zero-order valence-electron chi connectivity index (χ0n) is 28.2. The largest absolute Gasteiger partial charge is 0.492 e. The Hall–Kier alpha value is -5.40. The summed E-state index contributed by atoms with van der Waals surface area (Å²) in [7, 11) is -3.84. The molecule has 0 spiro atoms. The molecule has 1 fully saturated rings. The minimum Gasteiger partial charge on any atom is -0.492 e. The first-order chi connectivity index (χ1) is 25.2. The number of benzene rings is 4. The van der Waals surface area contributed by atoms with E-state index < -0.39 is 40.4 Å². The normalized spacial score (nSPS) is 14.0. The van der Waals surface area contributed by atoms with E-state index in [1.807, 2.05) is 54.6 Å². The summed E-state index contributed by atoms with van der Waals surface area (Å²) in [5, 5.41) is 27.1. The molecule has 292 valence electrons. The number of carboxylic acid groups (broad SMARTS) is 2. The van der Waals surface area contributed by atoms with E-state index in [0.29, 0.717) is 17.7 Å². The number of hydrogen-bond acceptors (Lipinski definition) is 8. The van der Waals surface area contributed by atoms with Gasteiger partial charge in [-0.1, -0.05) is 54.6 Å². The Morgan fingerprint density at radius 3 is 1.96 bits per heavy atom. The summed E-state index contributed by atoms with van der Waals surface area (Å²) in [6.45, 7) is 2.00. The average Bonchev–Trinajstić information content (AvgIpc) is 3.11. The van der Waals surface area contributed by atoms with Crippen LogP contribution in [-0.4, -0.2) is 80.6 Å². The summed E-state index contributed by atoms with van der Waals surface area (Å²) >= 11 is 0. The maximum absolute atomic E-state index is 13.5. The van der Waals surface area contributed by atoms with Gasteiger partial charge < -0.3 is 30.7 Å². The van der Waals surface area contributed by atoms with Crippen molar-refractivity contribution in [3.63, 3.8) is 0 Å². The smallest absolute Gasteiger partial charge is 0.490 e. The molecule has 0 aromatic heterocycles. The van der Waals surface area contributed by atoms with Crippen LogP contribution in [0.5, 0.6) is 11.5 Å². The van der Waals surface area contributed by atoms with Crippen LogP contribution >= 0.6 is 0 Å². The molecule has 0 radical (unpaired) electrons. The second kappa shape index (κ2) is 19.1. The van der Waals surface area contributed by atoms with Crippen molar-refractivity contribution in [3.8, 4) is 11.5 Å². The monoisotopic (exact) mass is 786 g/mol. The SMILES string of the molecule is N=C(N)c1cccc(OC[C@H](Cc2ccc(OC3CCNCC3)cc2)NS(=O)(=O)c2ccc3ccccc3c2)c1.O=C(O)C(F)(F)F.O=C(O)C(F)(F)F. The number of hydrogen-bond donors (Lipinski definition) is 6. The van der Waals surface area contributed by atoms with Gasteiger partial charge in [-0.3, -0.25) is 5.41 Å². The predicted molar refractivity (Wildman–Crippen MR) is 185 cm³/mol. The molecule has 7 N–H and O–H groups in total. The number of fused-ring (bicyclic) bond motifs is 1. The van der Waals surface area contributed by atoms with E-state index in [0.717, 1.165) is 48.0 Å². The third-order valence-electron chi connectivity index (χ3n) is 7.43. The van der Waals surface area contributed by atoms with Crippen molar-refractivity contribution >= 4 is 38.6 Å². The minimum absolute atomic E-state index is 0.0641. The Balaban J connectivity index is 0.000000476. The molecule has 1 atom stereocenters. The number of alkyl halides is 6. The van der Waals surface area contributed by atoms with Crippen molar-refractivity contribution in [2.24, 2.45) is 5.73 Å². The zero-order valence-corrected chi connectivity index (χ0v) is 29.0. The second-order valence-corrected chi connectivity index (χ2v) is 13.3. The maximum Gasteiger partial charge on any atom is 0.490 e. The van der Waals surface area contributed by atoms with E-state index in [1.54, 1.807) is 36.4 Å². The number of halogens is 6. The molecule has 1 heterocycles. The molecule has 54 heavy (non-hydrogen) atoms. The maximum atomic E-state index is 13.5. The Morgan fingerprint density at radius 2 is 1.41 bits per heavy atom. The van der Waals surface area contributed by atoms with Crippen LogP contribution in [-0.2, 0) is 26.0 Å². The quantitative estimate of drug-likeness (QED) is 0.0642. The third-order valence-corrected chi connectivity index (χ3v) is 8.95. The fourth-order valence-corrected chi connectivity index (χ4v) is 6.06. The summed E-state index contributed by atoms with van der Waals surface area (Å²) < 4.78 is 105. The number of carboxylic acids is 2. The van der Waals surface area contributed by atoms with Crippen molar-refractivity contribution in [1.29, 1.82) is 5.41 Å². The number of sulfonamides is 1. The highest BCUT2D eigenvalue weighted by atomic mass is 32.2. The molecule has 4 aromatic rings. The lowest BCUT2D eigenvalue weighted by Crippen LogP contribution is -2.40. The van der Waals surface area contributed by atoms with Crippen LogP contribution in [0.2, 0.25) is 0 Å². The Kier molecular flexibility index (Phi) is 15.2. The molecule has 0 amide bonds. The number of nitrogen functional groups attached to an aromatic ring is 1. The van der Waals surface area contributed by atoms with Gasteiger partial charge >= 0.3 is 24.3 Å². The van der Waals surface area contributed by atoms with Crippen LogP contribution in [0, 0.1) is 5.41 Å². The molecule has 0 unspecified atom stereocenters. The Bertz CT molecular complexity index is 1960. The number of rotatable bonds is 11. The van der Waals surface area contributed by atoms with Crippen LogP contribution in [0.3, 0.4) is 0 Å². The number of nitrogens with one attached hydrogen (secondary N) is 3. The zero-order chi connectivity index (χ0) is 40.1. The van der Waals surface area contributed by atoms with Gasteiger partial charge in [0.1, 0.15) is 30.0 Å². The molecule has 5 rings (SSSR count). The summed E-state index contributed by atoms with van der Waals surface area (Å²) in [4.78, 5) is 18.0. The molecular formula is C35H36F6N4O8S. The Morgan fingerprint density at radius 1 is 0.833 bits per heavy atom. The summed E-state index contributed by atoms with van der Waals surface area (Å²) in [5.74, 6) is -4.26. The van der Waals surface area contributed by atoms with E-state index in [9.17, 15) is 34.8 Å². The second-order valence-electron chi connectivity index (χ2n) is 11.6. The number of aliphatic carboxylic acids is 2. The molecular weight excluding hydrogens is 750 g/mol. The molecule has 0 saturated carbocycles. The number of ether oxygens (including phenoxy) is 2. The molecule has 12 nitrogen and oxygen atoms in total. The van der Waals surface area contributed by atoms with E-state index in [1.165, 1.54) is 0 Å². The van der Waals surface area contributed by atoms with Crippen molar-refractivity contribution < 1.29 is 64.0 Å². The summed E-state index contributed by atoms with van der Waals surface area (Å²) in [6.07, 6.45) is -7.61. The topological polar surface area (TPSA) is 201 Å². The highest BCUT2D eigenvalue weighted by Crippen LogP contribution is 2.22. The first-order valence-corrected chi connectivity index (χ1v) is 17.4. The Labute approximate surface area is 305 Å². The number of piperidine rings is 1. The van der Waals surface area contributed by atoms with Gasteiger partial charge in [0.05, 0.1) is 10.9 Å². The predicted octanol–water partition coefficient (Wildman–Crippen LogP) is 5.49. The fraction of sp³-hybridized carbons (Fsp3) is 0.286. The molecule has 1 aliphatic rings. The van der Waals surface area contributed by atoms with Crippen LogP contribution < -0.4 is 25.2 Å². The van der Waals surface area contributed by atoms with Gasteiger partial charge in [0, 0.05) is 5.56 Å². The van der Waals surface area contributed by atoms with Gasteiger partial charge in [-0.25, -0.2) is 22.7 Å². The average molecular weight is 787 g/mol. The third kappa shape index (κ3) is 14.2. The minimum atomic E-state index is -5.08.